The molecule has 174 valence electrons. The first kappa shape index (κ1) is 25.0. The van der Waals surface area contributed by atoms with Crippen LogP contribution in [0.1, 0.15) is 58.1 Å². The number of halogens is 5. The quantitative estimate of drug-likeness (QED) is 0.641. The van der Waals surface area contributed by atoms with Crippen molar-refractivity contribution in [3.05, 3.63) is 29.3 Å². The van der Waals surface area contributed by atoms with E-state index in [4.69, 9.17) is 4.74 Å². The van der Waals surface area contributed by atoms with Gasteiger partial charge in [-0.15, -0.1) is 0 Å². The number of hydrogen-bond donors (Lipinski definition) is 1. The van der Waals surface area contributed by atoms with Crippen LogP contribution in [0.4, 0.5) is 22.0 Å². The second-order valence-electron chi connectivity index (χ2n) is 9.05. The zero-order chi connectivity index (χ0) is 24.0. The number of alkyl halides is 5. The molecule has 0 bridgehead atoms. The molecule has 2 rings (SSSR count). The van der Waals surface area contributed by atoms with Crippen LogP contribution < -0.4 is 4.74 Å². The third kappa shape index (κ3) is 4.68. The summed E-state index contributed by atoms with van der Waals surface area (Å²) in [5.74, 6) is -5.89. The number of carbonyl (C=O) groups excluding carboxylic acids is 1. The summed E-state index contributed by atoms with van der Waals surface area (Å²) in [5.41, 5.74) is -3.64. The number of benzene rings is 1. The highest BCUT2D eigenvalue weighted by Crippen LogP contribution is 2.47. The summed E-state index contributed by atoms with van der Waals surface area (Å²) in [6.07, 6.45) is -7.05. The van der Waals surface area contributed by atoms with Crippen LogP contribution in [0.25, 0.3) is 0 Å². The van der Waals surface area contributed by atoms with Gasteiger partial charge in [-0.2, -0.15) is 32.1 Å². The van der Waals surface area contributed by atoms with Crippen molar-refractivity contribution in [3.8, 4) is 5.75 Å². The molecule has 1 aliphatic heterocycles. The normalized spacial score (nSPS) is 20.3. The number of amides is 1. The zero-order valence-corrected chi connectivity index (χ0v) is 18.3. The minimum Gasteiger partial charge on any atom is -0.483 e. The van der Waals surface area contributed by atoms with E-state index in [1.165, 1.54) is 20.8 Å². The largest absolute Gasteiger partial charge is 0.483 e. The molecule has 10 heteroatoms. The van der Waals surface area contributed by atoms with Gasteiger partial charge in [-0.1, -0.05) is 46.8 Å². The fourth-order valence-electron chi connectivity index (χ4n) is 3.17. The van der Waals surface area contributed by atoms with Gasteiger partial charge in [0.05, 0.1) is 0 Å². The molecule has 5 nitrogen and oxygen atoms in total. The van der Waals surface area contributed by atoms with Crippen molar-refractivity contribution in [3.63, 3.8) is 0 Å². The Morgan fingerprint density at radius 2 is 1.81 bits per heavy atom. The molecule has 1 atom stereocenters. The Morgan fingerprint density at radius 3 is 2.29 bits per heavy atom. The summed E-state index contributed by atoms with van der Waals surface area (Å²) in [6, 6.07) is 5.37. The molecule has 1 heterocycles. The third-order valence-electron chi connectivity index (χ3n) is 5.28. The molecule has 1 aliphatic rings. The van der Waals surface area contributed by atoms with Crippen LogP contribution in [-0.2, 0) is 4.79 Å². The molecule has 1 aromatic rings. The Labute approximate surface area is 177 Å². The van der Waals surface area contributed by atoms with Crippen LogP contribution in [0.3, 0.4) is 0 Å². The molecule has 1 aromatic carbocycles. The summed E-state index contributed by atoms with van der Waals surface area (Å²) >= 11 is 0. The number of aliphatic hydroxyl groups is 1. The van der Waals surface area contributed by atoms with E-state index in [9.17, 15) is 31.9 Å². The molecule has 1 N–H and O–H groups in total. The van der Waals surface area contributed by atoms with Crippen molar-refractivity contribution in [2.45, 2.75) is 71.7 Å². The fourth-order valence-corrected chi connectivity index (χ4v) is 3.17. The molecule has 0 saturated heterocycles. The fraction of sp³-hybridized carbons (Fsp3) is 0.619. The lowest BCUT2D eigenvalue weighted by Crippen LogP contribution is -2.56. The monoisotopic (exact) mass is 450 g/mol. The average Bonchev–Trinajstić information content (AvgIpc) is 2.98. The average molecular weight is 450 g/mol. The van der Waals surface area contributed by atoms with Gasteiger partial charge >= 0.3 is 12.1 Å². The first-order valence-corrected chi connectivity index (χ1v) is 9.73. The lowest BCUT2D eigenvalue weighted by Gasteiger charge is -2.41. The van der Waals surface area contributed by atoms with Crippen LogP contribution in [0.2, 0.25) is 0 Å². The maximum absolute atomic E-state index is 13.9. The van der Waals surface area contributed by atoms with Gasteiger partial charge in [0.1, 0.15) is 11.5 Å². The number of ether oxygens (including phenoxy) is 1. The standard InChI is InChI=1S/C21H27F5N2O3/c1-12(2)14-8-7-13(3)9-15(14)31-11-17(29)28-19(30,18(4,5)6)10-16(27-28)20(22,23)21(24,25)26/h7-9,12,30H,10-11H2,1-6H3/t19-/m0/s1. The smallest absolute Gasteiger partial charge is 0.459 e. The van der Waals surface area contributed by atoms with E-state index in [0.29, 0.717) is 10.8 Å². The van der Waals surface area contributed by atoms with Gasteiger partial charge in [0.25, 0.3) is 5.91 Å². The van der Waals surface area contributed by atoms with Crippen molar-refractivity contribution in [1.29, 1.82) is 0 Å². The van der Waals surface area contributed by atoms with Crippen molar-refractivity contribution >= 4 is 11.6 Å². The topological polar surface area (TPSA) is 62.1 Å². The van der Waals surface area contributed by atoms with Gasteiger partial charge in [0, 0.05) is 11.8 Å². The number of hydrogen-bond acceptors (Lipinski definition) is 4. The highest BCUT2D eigenvalue weighted by Gasteiger charge is 2.66. The van der Waals surface area contributed by atoms with Crippen LogP contribution in [0.5, 0.6) is 5.75 Å². The Bertz CT molecular complexity index is 875. The zero-order valence-electron chi connectivity index (χ0n) is 18.3. The number of hydrazone groups is 1. The molecule has 1 amide bonds. The number of carbonyl (C=O) groups is 1. The Kier molecular flexibility index (Phi) is 6.49. The summed E-state index contributed by atoms with van der Waals surface area (Å²) in [4.78, 5) is 12.8. The minimum atomic E-state index is -5.91. The summed E-state index contributed by atoms with van der Waals surface area (Å²) in [7, 11) is 0. The second-order valence-corrected chi connectivity index (χ2v) is 9.05. The third-order valence-corrected chi connectivity index (χ3v) is 5.28. The molecule has 0 saturated carbocycles. The lowest BCUT2D eigenvalue weighted by atomic mass is 9.79. The molecular weight excluding hydrogens is 423 g/mol. The predicted molar refractivity (Wildman–Crippen MR) is 105 cm³/mol. The number of aryl methyl sites for hydroxylation is 1. The molecular formula is C21H27F5N2O3. The van der Waals surface area contributed by atoms with E-state index < -0.39 is 47.9 Å². The summed E-state index contributed by atoms with van der Waals surface area (Å²) in [5, 5.41) is 14.5. The van der Waals surface area contributed by atoms with Crippen LogP contribution in [-0.4, -0.2) is 46.2 Å². The molecule has 31 heavy (non-hydrogen) atoms. The van der Waals surface area contributed by atoms with Gasteiger partial charge in [0.2, 0.25) is 0 Å². The van der Waals surface area contributed by atoms with Crippen molar-refractivity contribution in [2.24, 2.45) is 10.5 Å². The lowest BCUT2D eigenvalue weighted by molar-refractivity contribution is -0.250. The highest BCUT2D eigenvalue weighted by molar-refractivity contribution is 5.96. The first-order chi connectivity index (χ1) is 13.9. The Morgan fingerprint density at radius 1 is 1.23 bits per heavy atom. The maximum Gasteiger partial charge on any atom is 0.459 e. The Balaban J connectivity index is 2.37. The van der Waals surface area contributed by atoms with Crippen molar-refractivity contribution in [2.75, 3.05) is 6.61 Å². The van der Waals surface area contributed by atoms with Crippen LogP contribution in [0.15, 0.2) is 23.3 Å². The van der Waals surface area contributed by atoms with Crippen LogP contribution >= 0.6 is 0 Å². The van der Waals surface area contributed by atoms with Gasteiger partial charge in [-0.05, 0) is 30.0 Å². The van der Waals surface area contributed by atoms with E-state index in [0.717, 1.165) is 11.1 Å². The van der Waals surface area contributed by atoms with E-state index in [2.05, 4.69) is 5.10 Å². The second kappa shape index (κ2) is 8.03. The summed E-state index contributed by atoms with van der Waals surface area (Å²) in [6.45, 7) is 9.17. The molecule has 0 aromatic heterocycles. The van der Waals surface area contributed by atoms with E-state index >= 15 is 0 Å². The number of rotatable bonds is 5. The van der Waals surface area contributed by atoms with E-state index in [1.54, 1.807) is 6.07 Å². The van der Waals surface area contributed by atoms with Crippen molar-refractivity contribution in [1.82, 2.24) is 5.01 Å². The Hall–Kier alpha value is -2.23. The summed E-state index contributed by atoms with van der Waals surface area (Å²) < 4.78 is 71.9. The molecule has 0 aliphatic carbocycles. The minimum absolute atomic E-state index is 0.0547. The van der Waals surface area contributed by atoms with Crippen molar-refractivity contribution < 1.29 is 36.6 Å². The highest BCUT2D eigenvalue weighted by atomic mass is 19.4. The molecule has 0 radical (unpaired) electrons. The van der Waals surface area contributed by atoms with Gasteiger partial charge in [-0.25, -0.2) is 0 Å². The first-order valence-electron chi connectivity index (χ1n) is 9.73. The number of nitrogens with zero attached hydrogens (tertiary/aromatic N) is 2. The molecule has 0 fully saturated rings. The van der Waals surface area contributed by atoms with Crippen LogP contribution in [0, 0.1) is 12.3 Å². The van der Waals surface area contributed by atoms with E-state index in [-0.39, 0.29) is 5.92 Å². The van der Waals surface area contributed by atoms with Gasteiger partial charge < -0.3 is 9.84 Å². The van der Waals surface area contributed by atoms with E-state index in [1.807, 2.05) is 32.9 Å². The predicted octanol–water partition coefficient (Wildman–Crippen LogP) is 5.02. The molecule has 0 spiro atoms. The maximum atomic E-state index is 13.9. The van der Waals surface area contributed by atoms with Gasteiger partial charge in [0.15, 0.2) is 12.3 Å². The van der Waals surface area contributed by atoms with Gasteiger partial charge in [-0.3, -0.25) is 4.79 Å². The molecule has 0 unspecified atom stereocenters. The SMILES string of the molecule is Cc1ccc(C(C)C)c(OCC(=O)N2N=C(C(F)(F)C(F)(F)F)C[C@]2(O)C(C)(C)C)c1.